The van der Waals surface area contributed by atoms with Crippen molar-refractivity contribution in [2.75, 3.05) is 4.72 Å². The first kappa shape index (κ1) is 18.8. The highest BCUT2D eigenvalue weighted by Gasteiger charge is 2.18. The van der Waals surface area contributed by atoms with Crippen LogP contribution in [-0.4, -0.2) is 18.4 Å². The minimum atomic E-state index is -3.85. The Morgan fingerprint density at radius 3 is 2.38 bits per heavy atom. The number of nitrogens with one attached hydrogen (secondary N) is 2. The van der Waals surface area contributed by atoms with Gasteiger partial charge in [0.1, 0.15) is 11.5 Å². The van der Waals surface area contributed by atoms with E-state index in [1.165, 1.54) is 6.33 Å². The molecule has 0 spiro atoms. The van der Waals surface area contributed by atoms with E-state index < -0.39 is 10.2 Å². The largest absolute Gasteiger partial charge is 0.300 e. The zero-order chi connectivity index (χ0) is 18.6. The van der Waals surface area contributed by atoms with Gasteiger partial charge in [-0.05, 0) is 23.3 Å². The lowest BCUT2D eigenvalue weighted by atomic mass is 10.1. The van der Waals surface area contributed by atoms with E-state index in [1.54, 1.807) is 12.1 Å². The van der Waals surface area contributed by atoms with Gasteiger partial charge in [0.05, 0.1) is 5.56 Å². The molecule has 134 valence electrons. The van der Waals surface area contributed by atoms with E-state index in [0.29, 0.717) is 11.1 Å². The Hall–Kier alpha value is -2.00. The summed E-state index contributed by atoms with van der Waals surface area (Å²) in [7, 11) is -3.85. The third-order valence-electron chi connectivity index (χ3n) is 3.47. The van der Waals surface area contributed by atoms with E-state index >= 15 is 0 Å². The van der Waals surface area contributed by atoms with Gasteiger partial charge >= 0.3 is 10.2 Å². The van der Waals surface area contributed by atoms with Crippen LogP contribution in [-0.2, 0) is 16.8 Å². The zero-order valence-electron chi connectivity index (χ0n) is 13.4. The van der Waals surface area contributed by atoms with Crippen LogP contribution in [0.2, 0.25) is 5.15 Å². The van der Waals surface area contributed by atoms with E-state index in [4.69, 9.17) is 11.6 Å². The van der Waals surface area contributed by atoms with Crippen LogP contribution >= 0.6 is 27.5 Å². The summed E-state index contributed by atoms with van der Waals surface area (Å²) in [5.41, 5.74) is 1.94. The van der Waals surface area contributed by atoms with Gasteiger partial charge in [0.25, 0.3) is 0 Å². The summed E-state index contributed by atoms with van der Waals surface area (Å²) in [6.07, 6.45) is 1.21. The number of rotatable bonds is 6. The maximum Gasteiger partial charge on any atom is 0.300 e. The Morgan fingerprint density at radius 1 is 1.00 bits per heavy atom. The molecule has 3 aromatic rings. The van der Waals surface area contributed by atoms with Gasteiger partial charge in [-0.1, -0.05) is 70.0 Å². The summed E-state index contributed by atoms with van der Waals surface area (Å²) in [6, 6.07) is 16.4. The molecular weight excluding hydrogens is 440 g/mol. The summed E-state index contributed by atoms with van der Waals surface area (Å²) in [5.74, 6) is 0.105. The second-order valence-electron chi connectivity index (χ2n) is 5.31. The molecule has 0 unspecified atom stereocenters. The van der Waals surface area contributed by atoms with Crippen molar-refractivity contribution in [3.63, 3.8) is 0 Å². The van der Waals surface area contributed by atoms with Crippen LogP contribution < -0.4 is 9.44 Å². The molecule has 26 heavy (non-hydrogen) atoms. The molecule has 1 heterocycles. The fourth-order valence-corrected chi connectivity index (χ4v) is 3.60. The molecule has 0 aliphatic carbocycles. The minimum absolute atomic E-state index is 0.105. The molecule has 0 saturated heterocycles. The quantitative estimate of drug-likeness (QED) is 0.552. The SMILES string of the molecule is O=S(=O)(NCc1ccccc1)Nc1ncnc(Cl)c1-c1ccc(Br)cc1. The predicted molar refractivity (Wildman–Crippen MR) is 106 cm³/mol. The molecule has 2 N–H and O–H groups in total. The molecule has 3 rings (SSSR count). The maximum absolute atomic E-state index is 12.4. The lowest BCUT2D eigenvalue weighted by molar-refractivity contribution is 0.586. The van der Waals surface area contributed by atoms with Gasteiger partial charge in [-0.15, -0.1) is 0 Å². The van der Waals surface area contributed by atoms with Crippen molar-refractivity contribution >= 4 is 43.6 Å². The maximum atomic E-state index is 12.4. The second kappa shape index (κ2) is 8.13. The number of halogens is 2. The Balaban J connectivity index is 1.85. The summed E-state index contributed by atoms with van der Waals surface area (Å²) < 4.78 is 30.6. The molecule has 0 atom stereocenters. The van der Waals surface area contributed by atoms with Crippen LogP contribution in [0.3, 0.4) is 0 Å². The Kier molecular flexibility index (Phi) is 5.87. The molecule has 0 aliphatic heterocycles. The number of nitrogens with zero attached hydrogens (tertiary/aromatic N) is 2. The number of aromatic nitrogens is 2. The summed E-state index contributed by atoms with van der Waals surface area (Å²) in [4.78, 5) is 7.99. The van der Waals surface area contributed by atoms with Crippen LogP contribution in [0.25, 0.3) is 11.1 Å². The van der Waals surface area contributed by atoms with Gasteiger partial charge < -0.3 is 0 Å². The highest BCUT2D eigenvalue weighted by atomic mass is 79.9. The van der Waals surface area contributed by atoms with Crippen LogP contribution in [0.5, 0.6) is 0 Å². The van der Waals surface area contributed by atoms with Crippen LogP contribution in [0, 0.1) is 0 Å². The van der Waals surface area contributed by atoms with Crippen LogP contribution in [0.1, 0.15) is 5.56 Å². The Bertz CT molecular complexity index is 999. The third-order valence-corrected chi connectivity index (χ3v) is 5.28. The normalized spacial score (nSPS) is 11.3. The van der Waals surface area contributed by atoms with E-state index in [2.05, 4.69) is 35.3 Å². The summed E-state index contributed by atoms with van der Waals surface area (Å²) >= 11 is 9.55. The van der Waals surface area contributed by atoms with E-state index in [1.807, 2.05) is 42.5 Å². The lowest BCUT2D eigenvalue weighted by Crippen LogP contribution is -2.30. The highest BCUT2D eigenvalue weighted by Crippen LogP contribution is 2.32. The van der Waals surface area contributed by atoms with Crippen LogP contribution in [0.4, 0.5) is 5.82 Å². The fourth-order valence-electron chi connectivity index (χ4n) is 2.25. The van der Waals surface area contributed by atoms with Crippen molar-refractivity contribution in [3.05, 3.63) is 76.1 Å². The molecule has 0 saturated carbocycles. The molecule has 0 aliphatic rings. The first-order valence-corrected chi connectivity index (χ1v) is 10.2. The molecule has 6 nitrogen and oxygen atoms in total. The van der Waals surface area contributed by atoms with Gasteiger partial charge in [-0.3, -0.25) is 4.72 Å². The van der Waals surface area contributed by atoms with Crippen molar-refractivity contribution in [2.24, 2.45) is 0 Å². The number of anilines is 1. The van der Waals surface area contributed by atoms with E-state index in [-0.39, 0.29) is 17.5 Å². The lowest BCUT2D eigenvalue weighted by Gasteiger charge is -2.13. The molecule has 0 fully saturated rings. The highest BCUT2D eigenvalue weighted by molar-refractivity contribution is 9.10. The molecular formula is C17H14BrClN4O2S. The number of hydrogen-bond donors (Lipinski definition) is 2. The summed E-state index contributed by atoms with van der Waals surface area (Å²) in [6.45, 7) is 0.155. The summed E-state index contributed by atoms with van der Waals surface area (Å²) in [5, 5.41) is 0.156. The molecule has 0 bridgehead atoms. The molecule has 9 heteroatoms. The van der Waals surface area contributed by atoms with Crippen molar-refractivity contribution in [3.8, 4) is 11.1 Å². The Morgan fingerprint density at radius 2 is 1.69 bits per heavy atom. The molecule has 1 aromatic heterocycles. The first-order chi connectivity index (χ1) is 12.4. The van der Waals surface area contributed by atoms with Gasteiger partial charge in [0, 0.05) is 11.0 Å². The van der Waals surface area contributed by atoms with Gasteiger partial charge in [-0.25, -0.2) is 9.97 Å². The average molecular weight is 454 g/mol. The smallest absolute Gasteiger partial charge is 0.254 e. The van der Waals surface area contributed by atoms with Crippen molar-refractivity contribution < 1.29 is 8.42 Å². The Labute approximate surface area is 165 Å². The molecule has 0 amide bonds. The van der Waals surface area contributed by atoms with E-state index in [0.717, 1.165) is 10.0 Å². The van der Waals surface area contributed by atoms with Crippen molar-refractivity contribution in [2.45, 2.75) is 6.54 Å². The number of hydrogen-bond acceptors (Lipinski definition) is 4. The molecule has 0 radical (unpaired) electrons. The predicted octanol–water partition coefficient (Wildman–Crippen LogP) is 4.01. The number of benzene rings is 2. The van der Waals surface area contributed by atoms with Crippen molar-refractivity contribution in [1.29, 1.82) is 0 Å². The van der Waals surface area contributed by atoms with Gasteiger partial charge in [-0.2, -0.15) is 13.1 Å². The first-order valence-electron chi connectivity index (χ1n) is 7.52. The minimum Gasteiger partial charge on any atom is -0.254 e. The second-order valence-corrected chi connectivity index (χ2v) is 8.08. The average Bonchev–Trinajstić information content (AvgIpc) is 2.62. The monoisotopic (exact) mass is 452 g/mol. The van der Waals surface area contributed by atoms with Gasteiger partial charge in [0.2, 0.25) is 0 Å². The van der Waals surface area contributed by atoms with Crippen molar-refractivity contribution in [1.82, 2.24) is 14.7 Å². The zero-order valence-corrected chi connectivity index (χ0v) is 16.5. The molecule has 2 aromatic carbocycles. The fraction of sp³-hybridized carbons (Fsp3) is 0.0588. The van der Waals surface area contributed by atoms with Crippen LogP contribution in [0.15, 0.2) is 65.4 Å². The topological polar surface area (TPSA) is 84.0 Å². The third kappa shape index (κ3) is 4.79. The standard InChI is InChI=1S/C17H14BrClN4O2S/c18-14-8-6-13(7-9-14)15-16(19)20-11-21-17(15)23-26(24,25)22-10-12-4-2-1-3-5-12/h1-9,11,22H,10H2,(H,20,21,23). The van der Waals surface area contributed by atoms with Gasteiger partial charge in [0.15, 0.2) is 5.82 Å². The van der Waals surface area contributed by atoms with E-state index in [9.17, 15) is 8.42 Å².